The highest BCUT2D eigenvalue weighted by Crippen LogP contribution is 2.25. The van der Waals surface area contributed by atoms with Gasteiger partial charge in [0.15, 0.2) is 0 Å². The second-order valence-corrected chi connectivity index (χ2v) is 3.93. The Morgan fingerprint density at radius 1 is 1.41 bits per heavy atom. The minimum absolute atomic E-state index is 0.115. The van der Waals surface area contributed by atoms with Crippen LogP contribution in [0.1, 0.15) is 12.5 Å². The molecule has 0 fully saturated rings. The molecule has 1 unspecified atom stereocenters. The highest BCUT2D eigenvalue weighted by Gasteiger charge is 2.08. The zero-order valence-electron chi connectivity index (χ0n) is 9.58. The standard InChI is InChI=1S/C12H14ClF2NO/c1-8(16-2)3-4-9-7-10(13)5-6-11(9)17-12(14)15/h3-8,12,16H,1-2H3/b4-3+. The number of halogens is 3. The van der Waals surface area contributed by atoms with E-state index < -0.39 is 6.61 Å². The molecule has 1 N–H and O–H groups in total. The van der Waals surface area contributed by atoms with Crippen LogP contribution in [0.2, 0.25) is 5.02 Å². The molecule has 17 heavy (non-hydrogen) atoms. The molecule has 94 valence electrons. The van der Waals surface area contributed by atoms with E-state index in [1.54, 1.807) is 12.1 Å². The molecule has 0 bridgehead atoms. The van der Waals surface area contributed by atoms with Gasteiger partial charge in [0.05, 0.1) is 0 Å². The van der Waals surface area contributed by atoms with E-state index in [0.29, 0.717) is 10.6 Å². The Labute approximate surface area is 104 Å². The van der Waals surface area contributed by atoms with Crippen molar-refractivity contribution >= 4 is 17.7 Å². The first-order valence-electron chi connectivity index (χ1n) is 5.12. The quantitative estimate of drug-likeness (QED) is 0.875. The molecular formula is C12H14ClF2NO. The maximum absolute atomic E-state index is 12.2. The van der Waals surface area contributed by atoms with Crippen LogP contribution in [0.15, 0.2) is 24.3 Å². The fraction of sp³-hybridized carbons (Fsp3) is 0.333. The molecule has 1 rings (SSSR count). The molecule has 0 amide bonds. The molecule has 0 spiro atoms. The number of ether oxygens (including phenoxy) is 1. The van der Waals surface area contributed by atoms with E-state index in [2.05, 4.69) is 10.1 Å². The van der Waals surface area contributed by atoms with Crippen molar-refractivity contribution in [3.63, 3.8) is 0 Å². The molecule has 1 aromatic carbocycles. The Kier molecular flexibility index (Phi) is 5.38. The average molecular weight is 262 g/mol. The van der Waals surface area contributed by atoms with Crippen molar-refractivity contribution < 1.29 is 13.5 Å². The first-order chi connectivity index (χ1) is 8.02. The lowest BCUT2D eigenvalue weighted by molar-refractivity contribution is -0.0499. The fourth-order valence-corrected chi connectivity index (χ4v) is 1.38. The second-order valence-electron chi connectivity index (χ2n) is 3.50. The SMILES string of the molecule is CNC(C)/C=C/c1cc(Cl)ccc1OC(F)F. The van der Waals surface area contributed by atoms with Crippen LogP contribution >= 0.6 is 11.6 Å². The van der Waals surface area contributed by atoms with E-state index >= 15 is 0 Å². The van der Waals surface area contributed by atoms with Gasteiger partial charge in [0, 0.05) is 16.6 Å². The van der Waals surface area contributed by atoms with Crippen molar-refractivity contribution in [1.82, 2.24) is 5.32 Å². The summed E-state index contributed by atoms with van der Waals surface area (Å²) in [7, 11) is 1.81. The summed E-state index contributed by atoms with van der Waals surface area (Å²) < 4.78 is 28.8. The van der Waals surface area contributed by atoms with E-state index in [4.69, 9.17) is 11.6 Å². The van der Waals surface area contributed by atoms with Gasteiger partial charge in [-0.25, -0.2) is 0 Å². The third kappa shape index (κ3) is 4.71. The van der Waals surface area contributed by atoms with Crippen LogP contribution in [0.5, 0.6) is 5.75 Å². The van der Waals surface area contributed by atoms with Crippen molar-refractivity contribution in [2.75, 3.05) is 7.05 Å². The van der Waals surface area contributed by atoms with Crippen LogP contribution in [-0.4, -0.2) is 19.7 Å². The number of nitrogens with one attached hydrogen (secondary N) is 1. The first-order valence-corrected chi connectivity index (χ1v) is 5.50. The van der Waals surface area contributed by atoms with Crippen molar-refractivity contribution in [3.8, 4) is 5.75 Å². The smallest absolute Gasteiger partial charge is 0.387 e. The molecule has 1 atom stereocenters. The zero-order valence-corrected chi connectivity index (χ0v) is 10.3. The van der Waals surface area contributed by atoms with Gasteiger partial charge in [-0.1, -0.05) is 23.8 Å². The summed E-state index contributed by atoms with van der Waals surface area (Å²) in [5.41, 5.74) is 0.528. The van der Waals surface area contributed by atoms with Gasteiger partial charge in [0.25, 0.3) is 0 Å². The van der Waals surface area contributed by atoms with Crippen molar-refractivity contribution in [2.24, 2.45) is 0 Å². The lowest BCUT2D eigenvalue weighted by Gasteiger charge is -2.09. The monoisotopic (exact) mass is 261 g/mol. The Bertz CT molecular complexity index is 396. The average Bonchev–Trinajstić information content (AvgIpc) is 2.28. The Morgan fingerprint density at radius 2 is 2.12 bits per heavy atom. The molecule has 1 aromatic rings. The topological polar surface area (TPSA) is 21.3 Å². The molecule has 5 heteroatoms. The molecule has 0 heterocycles. The summed E-state index contributed by atoms with van der Waals surface area (Å²) in [6.07, 6.45) is 3.54. The summed E-state index contributed by atoms with van der Waals surface area (Å²) in [5.74, 6) is 0.115. The van der Waals surface area contributed by atoms with Crippen LogP contribution < -0.4 is 10.1 Å². The van der Waals surface area contributed by atoms with Crippen LogP contribution in [0.3, 0.4) is 0 Å². The van der Waals surface area contributed by atoms with Gasteiger partial charge in [0.1, 0.15) is 5.75 Å². The van der Waals surface area contributed by atoms with E-state index in [0.717, 1.165) is 0 Å². The number of benzene rings is 1. The normalized spacial score (nSPS) is 13.3. The number of hydrogen-bond acceptors (Lipinski definition) is 2. The Balaban J connectivity index is 2.94. The summed E-state index contributed by atoms with van der Waals surface area (Å²) in [6, 6.07) is 4.66. The molecule has 2 nitrogen and oxygen atoms in total. The minimum atomic E-state index is -2.84. The first kappa shape index (κ1) is 13.9. The Hall–Kier alpha value is -1.13. The number of hydrogen-bond donors (Lipinski definition) is 1. The molecule has 0 saturated carbocycles. The van der Waals surface area contributed by atoms with Crippen LogP contribution in [0.4, 0.5) is 8.78 Å². The molecule has 0 radical (unpaired) electrons. The lowest BCUT2D eigenvalue weighted by Crippen LogP contribution is -2.17. The van der Waals surface area contributed by atoms with Gasteiger partial charge in [-0.2, -0.15) is 8.78 Å². The predicted octanol–water partition coefficient (Wildman–Crippen LogP) is 3.56. The molecule has 0 aliphatic carbocycles. The van der Waals surface area contributed by atoms with Crippen molar-refractivity contribution in [3.05, 3.63) is 34.9 Å². The number of alkyl halides is 2. The molecule has 0 saturated heterocycles. The van der Waals surface area contributed by atoms with Gasteiger partial charge in [-0.15, -0.1) is 0 Å². The van der Waals surface area contributed by atoms with Gasteiger partial charge >= 0.3 is 6.61 Å². The largest absolute Gasteiger partial charge is 0.434 e. The Morgan fingerprint density at radius 3 is 2.71 bits per heavy atom. The van der Waals surface area contributed by atoms with Crippen LogP contribution in [0.25, 0.3) is 6.08 Å². The number of rotatable bonds is 5. The third-order valence-corrected chi connectivity index (χ3v) is 2.44. The van der Waals surface area contributed by atoms with Crippen LogP contribution in [0, 0.1) is 0 Å². The molecular weight excluding hydrogens is 248 g/mol. The van der Waals surface area contributed by atoms with Gasteiger partial charge in [-0.3, -0.25) is 0 Å². The summed E-state index contributed by atoms with van der Waals surface area (Å²) in [4.78, 5) is 0. The van der Waals surface area contributed by atoms with E-state index in [-0.39, 0.29) is 11.8 Å². The summed E-state index contributed by atoms with van der Waals surface area (Å²) >= 11 is 5.81. The zero-order chi connectivity index (χ0) is 12.8. The van der Waals surface area contributed by atoms with Crippen LogP contribution in [-0.2, 0) is 0 Å². The van der Waals surface area contributed by atoms with E-state index in [1.807, 2.05) is 20.0 Å². The summed E-state index contributed by atoms with van der Waals surface area (Å²) in [6.45, 7) is -0.903. The van der Waals surface area contributed by atoms with Gasteiger partial charge in [0.2, 0.25) is 0 Å². The maximum atomic E-state index is 12.2. The minimum Gasteiger partial charge on any atom is -0.434 e. The lowest BCUT2D eigenvalue weighted by atomic mass is 10.1. The van der Waals surface area contributed by atoms with Gasteiger partial charge < -0.3 is 10.1 Å². The summed E-state index contributed by atoms with van der Waals surface area (Å²) in [5, 5.41) is 3.48. The molecule has 0 aromatic heterocycles. The maximum Gasteiger partial charge on any atom is 0.387 e. The van der Waals surface area contributed by atoms with E-state index in [1.165, 1.54) is 12.1 Å². The molecule has 0 aliphatic heterocycles. The van der Waals surface area contributed by atoms with Crippen molar-refractivity contribution in [2.45, 2.75) is 19.6 Å². The molecule has 0 aliphatic rings. The van der Waals surface area contributed by atoms with Gasteiger partial charge in [-0.05, 0) is 32.2 Å². The van der Waals surface area contributed by atoms with E-state index in [9.17, 15) is 8.78 Å². The highest BCUT2D eigenvalue weighted by molar-refractivity contribution is 6.30. The second kappa shape index (κ2) is 6.57. The fourth-order valence-electron chi connectivity index (χ4n) is 1.20. The van der Waals surface area contributed by atoms with Crippen molar-refractivity contribution in [1.29, 1.82) is 0 Å². The number of likely N-dealkylation sites (N-methyl/N-ethyl adjacent to an activating group) is 1. The predicted molar refractivity (Wildman–Crippen MR) is 65.6 cm³/mol. The third-order valence-electron chi connectivity index (χ3n) is 2.21. The highest BCUT2D eigenvalue weighted by atomic mass is 35.5.